The number of rotatable bonds is 4. The van der Waals surface area contributed by atoms with E-state index in [1.54, 1.807) is 0 Å². The molecule has 0 aliphatic carbocycles. The maximum Gasteiger partial charge on any atom is 0.306 e. The lowest BCUT2D eigenvalue weighted by Gasteiger charge is -2.44. The van der Waals surface area contributed by atoms with Crippen molar-refractivity contribution < 1.29 is 14.7 Å². The van der Waals surface area contributed by atoms with Gasteiger partial charge in [-0.1, -0.05) is 13.3 Å². The maximum absolute atomic E-state index is 13.1. The first kappa shape index (κ1) is 16.3. The van der Waals surface area contributed by atoms with Gasteiger partial charge in [0.05, 0.1) is 11.3 Å². The zero-order valence-corrected chi connectivity index (χ0v) is 13.2. The van der Waals surface area contributed by atoms with E-state index in [0.29, 0.717) is 19.4 Å². The zero-order valence-electron chi connectivity index (χ0n) is 13.2. The van der Waals surface area contributed by atoms with Gasteiger partial charge in [-0.25, -0.2) is 0 Å². The maximum atomic E-state index is 13.1. The van der Waals surface area contributed by atoms with Crippen LogP contribution in [0.15, 0.2) is 0 Å². The summed E-state index contributed by atoms with van der Waals surface area (Å²) in [5.74, 6) is -0.750. The standard InChI is InChI=1S/C16H28N2O3/c1-3-5-16(6-8-17-9-7-16)15(21)18-10-4-13(14(19)20)11-12(18)2/h12-13,17H,3-11H2,1-2H3,(H,19,20). The lowest BCUT2D eigenvalue weighted by Crippen LogP contribution is -2.54. The zero-order chi connectivity index (χ0) is 15.5. The van der Waals surface area contributed by atoms with Crippen molar-refractivity contribution >= 4 is 11.9 Å². The Bertz CT molecular complexity index is 385. The quantitative estimate of drug-likeness (QED) is 0.831. The largest absolute Gasteiger partial charge is 0.481 e. The highest BCUT2D eigenvalue weighted by Gasteiger charge is 2.44. The minimum Gasteiger partial charge on any atom is -0.481 e. The van der Waals surface area contributed by atoms with Crippen molar-refractivity contribution in [3.8, 4) is 0 Å². The number of carbonyl (C=O) groups is 2. The highest BCUT2D eigenvalue weighted by atomic mass is 16.4. The van der Waals surface area contributed by atoms with Crippen LogP contribution in [0.3, 0.4) is 0 Å². The summed E-state index contributed by atoms with van der Waals surface area (Å²) in [6, 6.07) is 0.0379. The van der Waals surface area contributed by atoms with Crippen LogP contribution in [-0.2, 0) is 9.59 Å². The molecule has 0 bridgehead atoms. The molecule has 2 fully saturated rings. The molecule has 2 N–H and O–H groups in total. The van der Waals surface area contributed by atoms with Gasteiger partial charge in [0, 0.05) is 12.6 Å². The van der Waals surface area contributed by atoms with E-state index in [2.05, 4.69) is 12.2 Å². The molecule has 1 amide bonds. The molecule has 2 aliphatic rings. The van der Waals surface area contributed by atoms with Gasteiger partial charge in [-0.15, -0.1) is 0 Å². The van der Waals surface area contributed by atoms with Crippen LogP contribution in [0.1, 0.15) is 52.4 Å². The summed E-state index contributed by atoms with van der Waals surface area (Å²) < 4.78 is 0. The van der Waals surface area contributed by atoms with Crippen LogP contribution in [0.4, 0.5) is 0 Å². The molecule has 2 unspecified atom stereocenters. The lowest BCUT2D eigenvalue weighted by atomic mass is 9.73. The summed E-state index contributed by atoms with van der Waals surface area (Å²) in [6.45, 7) is 6.54. The first-order valence-electron chi connectivity index (χ1n) is 8.25. The van der Waals surface area contributed by atoms with E-state index < -0.39 is 5.97 Å². The van der Waals surface area contributed by atoms with Crippen LogP contribution in [0.5, 0.6) is 0 Å². The van der Waals surface area contributed by atoms with Crippen LogP contribution in [0, 0.1) is 11.3 Å². The van der Waals surface area contributed by atoms with E-state index in [-0.39, 0.29) is 23.3 Å². The van der Waals surface area contributed by atoms with Crippen molar-refractivity contribution in [2.45, 2.75) is 58.4 Å². The molecule has 2 atom stereocenters. The molecule has 0 aromatic carbocycles. The Morgan fingerprint density at radius 3 is 2.52 bits per heavy atom. The second-order valence-electron chi connectivity index (χ2n) is 6.69. The summed E-state index contributed by atoms with van der Waals surface area (Å²) in [4.78, 5) is 26.2. The number of nitrogens with one attached hydrogen (secondary N) is 1. The Labute approximate surface area is 127 Å². The predicted octanol–water partition coefficient (Wildman–Crippen LogP) is 1.87. The number of hydrogen-bond donors (Lipinski definition) is 2. The molecule has 2 rings (SSSR count). The Balaban J connectivity index is 2.08. The van der Waals surface area contributed by atoms with E-state index in [1.807, 2.05) is 11.8 Å². The number of amides is 1. The molecule has 21 heavy (non-hydrogen) atoms. The summed E-state index contributed by atoms with van der Waals surface area (Å²) >= 11 is 0. The third-order valence-corrected chi connectivity index (χ3v) is 5.23. The fraction of sp³-hybridized carbons (Fsp3) is 0.875. The van der Waals surface area contributed by atoms with E-state index in [9.17, 15) is 9.59 Å². The average molecular weight is 296 g/mol. The Morgan fingerprint density at radius 1 is 1.33 bits per heavy atom. The third-order valence-electron chi connectivity index (χ3n) is 5.23. The van der Waals surface area contributed by atoms with Gasteiger partial charge in [0.15, 0.2) is 0 Å². The number of piperidine rings is 2. The van der Waals surface area contributed by atoms with Crippen molar-refractivity contribution in [1.82, 2.24) is 10.2 Å². The number of hydrogen-bond acceptors (Lipinski definition) is 3. The Hall–Kier alpha value is -1.10. The molecule has 2 saturated heterocycles. The van der Waals surface area contributed by atoms with Gasteiger partial charge < -0.3 is 15.3 Å². The summed E-state index contributed by atoms with van der Waals surface area (Å²) in [7, 11) is 0. The topological polar surface area (TPSA) is 69.6 Å². The first-order valence-corrected chi connectivity index (χ1v) is 8.25. The summed E-state index contributed by atoms with van der Waals surface area (Å²) in [6.07, 6.45) is 4.95. The van der Waals surface area contributed by atoms with Gasteiger partial charge in [0.2, 0.25) is 5.91 Å². The van der Waals surface area contributed by atoms with E-state index in [4.69, 9.17) is 5.11 Å². The van der Waals surface area contributed by atoms with E-state index >= 15 is 0 Å². The minimum absolute atomic E-state index is 0.0379. The molecule has 2 heterocycles. The van der Waals surface area contributed by atoms with Crippen molar-refractivity contribution in [2.75, 3.05) is 19.6 Å². The molecule has 5 heteroatoms. The van der Waals surface area contributed by atoms with Crippen LogP contribution in [0.2, 0.25) is 0 Å². The van der Waals surface area contributed by atoms with Crippen molar-refractivity contribution in [3.05, 3.63) is 0 Å². The SMILES string of the molecule is CCCC1(C(=O)N2CCC(C(=O)O)CC2C)CCNCC1. The third kappa shape index (κ3) is 3.39. The highest BCUT2D eigenvalue weighted by Crippen LogP contribution is 2.38. The minimum atomic E-state index is -0.723. The molecule has 0 aromatic heterocycles. The summed E-state index contributed by atoms with van der Waals surface area (Å²) in [5.41, 5.74) is -0.218. The molecular weight excluding hydrogens is 268 g/mol. The average Bonchev–Trinajstić information content (AvgIpc) is 2.47. The number of carboxylic acids is 1. The number of aliphatic carboxylic acids is 1. The fourth-order valence-corrected chi connectivity index (χ4v) is 3.96. The monoisotopic (exact) mass is 296 g/mol. The number of carboxylic acid groups (broad SMARTS) is 1. The van der Waals surface area contributed by atoms with Gasteiger partial charge in [0.25, 0.3) is 0 Å². The number of carbonyl (C=O) groups excluding carboxylic acids is 1. The van der Waals surface area contributed by atoms with Crippen LogP contribution >= 0.6 is 0 Å². The number of likely N-dealkylation sites (tertiary alicyclic amines) is 1. The van der Waals surface area contributed by atoms with Gasteiger partial charge in [-0.05, 0) is 52.1 Å². The van der Waals surface area contributed by atoms with E-state index in [0.717, 1.165) is 38.8 Å². The van der Waals surface area contributed by atoms with Gasteiger partial charge in [0.1, 0.15) is 0 Å². The molecule has 5 nitrogen and oxygen atoms in total. The van der Waals surface area contributed by atoms with Gasteiger partial charge in [-0.3, -0.25) is 9.59 Å². The lowest BCUT2D eigenvalue weighted by molar-refractivity contribution is -0.153. The Morgan fingerprint density at radius 2 is 2.00 bits per heavy atom. The first-order chi connectivity index (χ1) is 10.00. The smallest absolute Gasteiger partial charge is 0.306 e. The summed E-state index contributed by atoms with van der Waals surface area (Å²) in [5, 5.41) is 12.5. The molecule has 0 aromatic rings. The second kappa shape index (κ2) is 6.77. The molecule has 0 radical (unpaired) electrons. The van der Waals surface area contributed by atoms with Crippen LogP contribution < -0.4 is 5.32 Å². The van der Waals surface area contributed by atoms with Crippen molar-refractivity contribution in [1.29, 1.82) is 0 Å². The highest BCUT2D eigenvalue weighted by molar-refractivity contribution is 5.83. The molecule has 0 spiro atoms. The molecular formula is C16H28N2O3. The van der Waals surface area contributed by atoms with Crippen molar-refractivity contribution in [2.24, 2.45) is 11.3 Å². The molecule has 120 valence electrons. The predicted molar refractivity (Wildman–Crippen MR) is 81.0 cm³/mol. The van der Waals surface area contributed by atoms with Crippen LogP contribution in [-0.4, -0.2) is 47.6 Å². The normalized spacial score (nSPS) is 29.1. The fourth-order valence-electron chi connectivity index (χ4n) is 3.96. The molecule has 0 saturated carbocycles. The van der Waals surface area contributed by atoms with Crippen molar-refractivity contribution in [3.63, 3.8) is 0 Å². The van der Waals surface area contributed by atoms with E-state index in [1.165, 1.54) is 0 Å². The second-order valence-corrected chi connectivity index (χ2v) is 6.69. The van der Waals surface area contributed by atoms with Gasteiger partial charge >= 0.3 is 5.97 Å². The Kier molecular flexibility index (Phi) is 5.25. The van der Waals surface area contributed by atoms with Crippen LogP contribution in [0.25, 0.3) is 0 Å². The van der Waals surface area contributed by atoms with Gasteiger partial charge in [-0.2, -0.15) is 0 Å². The molecule has 2 aliphatic heterocycles. The number of nitrogens with zero attached hydrogens (tertiary/aromatic N) is 1.